The van der Waals surface area contributed by atoms with Crippen LogP contribution in [0.1, 0.15) is 15.9 Å². The van der Waals surface area contributed by atoms with E-state index in [9.17, 15) is 4.79 Å². The second-order valence-electron chi connectivity index (χ2n) is 4.64. The highest BCUT2D eigenvalue weighted by Crippen LogP contribution is 2.41. The molecule has 0 radical (unpaired) electrons. The van der Waals surface area contributed by atoms with Crippen LogP contribution in [0.2, 0.25) is 0 Å². The van der Waals surface area contributed by atoms with Crippen LogP contribution in [0, 0.1) is 0 Å². The van der Waals surface area contributed by atoms with E-state index in [-0.39, 0.29) is 12.7 Å². The van der Waals surface area contributed by atoms with Crippen molar-refractivity contribution >= 4 is 28.1 Å². The van der Waals surface area contributed by atoms with Crippen LogP contribution >= 0.6 is 15.9 Å². The first kappa shape index (κ1) is 15.4. The quantitative estimate of drug-likeness (QED) is 0.657. The number of nitrogens with one attached hydrogen (secondary N) is 1. The first-order chi connectivity index (χ1) is 11.2. The maximum Gasteiger partial charge on any atom is 0.272 e. The average Bonchev–Trinajstić information content (AvgIpc) is 3.03. The lowest BCUT2D eigenvalue weighted by atomic mass is 10.2. The van der Waals surface area contributed by atoms with Gasteiger partial charge in [0.25, 0.3) is 5.91 Å². The number of carbonyl (C=O) groups is 1. The van der Waals surface area contributed by atoms with Crippen molar-refractivity contribution in [2.45, 2.75) is 0 Å². The van der Waals surface area contributed by atoms with Crippen LogP contribution in [0.25, 0.3) is 0 Å². The van der Waals surface area contributed by atoms with Crippen LogP contribution in [0.15, 0.2) is 46.0 Å². The molecule has 3 rings (SSSR count). The van der Waals surface area contributed by atoms with E-state index in [1.165, 1.54) is 6.21 Å². The summed E-state index contributed by atoms with van der Waals surface area (Å²) < 4.78 is 16.6. The summed E-state index contributed by atoms with van der Waals surface area (Å²) in [5, 5.41) is 3.96. The zero-order valence-electron chi connectivity index (χ0n) is 12.2. The molecule has 0 bridgehead atoms. The van der Waals surface area contributed by atoms with Crippen molar-refractivity contribution < 1.29 is 19.0 Å². The van der Waals surface area contributed by atoms with Gasteiger partial charge in [-0.15, -0.1) is 0 Å². The Kier molecular flexibility index (Phi) is 4.47. The lowest BCUT2D eigenvalue weighted by Crippen LogP contribution is -2.18. The van der Waals surface area contributed by atoms with E-state index in [2.05, 4.69) is 26.5 Å². The number of ether oxygens (including phenoxy) is 3. The number of nitrogens with zero attached hydrogens (tertiary/aromatic N) is 1. The van der Waals surface area contributed by atoms with Gasteiger partial charge < -0.3 is 14.2 Å². The highest BCUT2D eigenvalue weighted by Gasteiger charge is 2.19. The Morgan fingerprint density at radius 1 is 1.35 bits per heavy atom. The molecule has 2 aromatic carbocycles. The van der Waals surface area contributed by atoms with Crippen molar-refractivity contribution in [1.29, 1.82) is 0 Å². The molecule has 0 saturated carbocycles. The van der Waals surface area contributed by atoms with Crippen molar-refractivity contribution in [3.05, 3.63) is 52.0 Å². The number of halogens is 1. The molecule has 1 aliphatic heterocycles. The molecule has 0 unspecified atom stereocenters. The van der Waals surface area contributed by atoms with Crippen molar-refractivity contribution in [2.75, 3.05) is 13.9 Å². The van der Waals surface area contributed by atoms with Gasteiger partial charge in [0.2, 0.25) is 12.5 Å². The Morgan fingerprint density at radius 3 is 2.96 bits per heavy atom. The smallest absolute Gasteiger partial charge is 0.272 e. The largest absolute Gasteiger partial charge is 0.493 e. The van der Waals surface area contributed by atoms with Gasteiger partial charge in [-0.1, -0.05) is 12.1 Å². The van der Waals surface area contributed by atoms with E-state index in [0.29, 0.717) is 27.3 Å². The fourth-order valence-corrected chi connectivity index (χ4v) is 2.56. The average molecular weight is 377 g/mol. The molecular formula is C16H13BrN2O4. The number of fused-ring (bicyclic) bond motifs is 1. The molecule has 0 fully saturated rings. The van der Waals surface area contributed by atoms with Crippen LogP contribution < -0.4 is 19.6 Å². The lowest BCUT2D eigenvalue weighted by molar-refractivity contribution is 0.0954. The molecular weight excluding hydrogens is 364 g/mol. The summed E-state index contributed by atoms with van der Waals surface area (Å²) in [6.45, 7) is 0.158. The summed E-state index contributed by atoms with van der Waals surface area (Å²) in [6, 6.07) is 10.6. The van der Waals surface area contributed by atoms with E-state index in [1.54, 1.807) is 37.4 Å². The van der Waals surface area contributed by atoms with Gasteiger partial charge in [-0.05, 0) is 40.2 Å². The summed E-state index contributed by atoms with van der Waals surface area (Å²) in [4.78, 5) is 12.0. The van der Waals surface area contributed by atoms with E-state index in [1.807, 2.05) is 6.07 Å². The third-order valence-electron chi connectivity index (χ3n) is 3.18. The normalized spacial score (nSPS) is 12.4. The first-order valence-corrected chi connectivity index (χ1v) is 7.54. The van der Waals surface area contributed by atoms with Gasteiger partial charge in [0.15, 0.2) is 11.5 Å². The van der Waals surface area contributed by atoms with Crippen LogP contribution in [0.4, 0.5) is 0 Å². The Bertz CT molecular complexity index is 777. The lowest BCUT2D eigenvalue weighted by Gasteiger charge is -2.05. The highest BCUT2D eigenvalue weighted by atomic mass is 79.9. The summed E-state index contributed by atoms with van der Waals surface area (Å²) in [5.74, 6) is 1.41. The number of carbonyl (C=O) groups excluding carboxylic acids is 1. The molecule has 2 aromatic rings. The van der Waals surface area contributed by atoms with E-state index in [4.69, 9.17) is 14.2 Å². The molecule has 0 atom stereocenters. The predicted molar refractivity (Wildman–Crippen MR) is 88.3 cm³/mol. The third kappa shape index (κ3) is 3.29. The van der Waals surface area contributed by atoms with Gasteiger partial charge in [0, 0.05) is 10.0 Å². The fraction of sp³-hybridized carbons (Fsp3) is 0.125. The van der Waals surface area contributed by atoms with Gasteiger partial charge in [0.05, 0.1) is 18.9 Å². The summed E-state index contributed by atoms with van der Waals surface area (Å²) in [5.41, 5.74) is 3.71. The Morgan fingerprint density at radius 2 is 2.17 bits per heavy atom. The van der Waals surface area contributed by atoms with Crippen molar-refractivity contribution in [3.8, 4) is 17.2 Å². The van der Waals surface area contributed by atoms with Crippen molar-refractivity contribution in [3.63, 3.8) is 0 Å². The summed E-state index contributed by atoms with van der Waals surface area (Å²) in [7, 11) is 1.55. The molecule has 6 nitrogen and oxygen atoms in total. The van der Waals surface area contributed by atoms with Gasteiger partial charge in [-0.2, -0.15) is 5.10 Å². The molecule has 7 heteroatoms. The van der Waals surface area contributed by atoms with Crippen molar-refractivity contribution in [1.82, 2.24) is 5.43 Å². The van der Waals surface area contributed by atoms with Crippen molar-refractivity contribution in [2.24, 2.45) is 5.10 Å². The van der Waals surface area contributed by atoms with Crippen LogP contribution in [-0.4, -0.2) is 26.0 Å². The molecule has 1 amide bonds. The third-order valence-corrected chi connectivity index (χ3v) is 3.87. The zero-order valence-corrected chi connectivity index (χ0v) is 13.8. The van der Waals surface area contributed by atoms with E-state index >= 15 is 0 Å². The standard InChI is InChI=1S/C16H13BrN2O4/c1-21-13-6-10(7-14-15(13)23-9-22-14)8-18-19-16(20)11-4-2-3-5-12(11)17/h2-8H,9H2,1H3,(H,19,20)/b18-8-. The van der Waals surface area contributed by atoms with Crippen LogP contribution in [0.3, 0.4) is 0 Å². The number of methoxy groups -OCH3 is 1. The minimum absolute atomic E-state index is 0.158. The molecule has 118 valence electrons. The number of amides is 1. The number of hydrogen-bond acceptors (Lipinski definition) is 5. The molecule has 1 aliphatic rings. The predicted octanol–water partition coefficient (Wildman–Crippen LogP) is 2.95. The second-order valence-corrected chi connectivity index (χ2v) is 5.49. The van der Waals surface area contributed by atoms with E-state index < -0.39 is 0 Å². The first-order valence-electron chi connectivity index (χ1n) is 6.74. The van der Waals surface area contributed by atoms with Gasteiger partial charge >= 0.3 is 0 Å². The molecule has 0 spiro atoms. The summed E-state index contributed by atoms with van der Waals surface area (Å²) >= 11 is 3.33. The van der Waals surface area contributed by atoms with Gasteiger partial charge in [-0.25, -0.2) is 5.43 Å². The monoisotopic (exact) mass is 376 g/mol. The minimum atomic E-state index is -0.304. The van der Waals surface area contributed by atoms with E-state index in [0.717, 1.165) is 5.56 Å². The number of hydrazone groups is 1. The second kappa shape index (κ2) is 6.70. The Balaban J connectivity index is 1.74. The fourth-order valence-electron chi connectivity index (χ4n) is 2.10. The topological polar surface area (TPSA) is 69.2 Å². The SMILES string of the molecule is COc1cc(/C=N\NC(=O)c2ccccc2Br)cc2c1OCO2. The Labute approximate surface area is 141 Å². The Hall–Kier alpha value is -2.54. The van der Waals surface area contributed by atoms with Crippen LogP contribution in [-0.2, 0) is 0 Å². The van der Waals surface area contributed by atoms with Gasteiger partial charge in [0.1, 0.15) is 0 Å². The molecule has 0 aliphatic carbocycles. The minimum Gasteiger partial charge on any atom is -0.493 e. The molecule has 1 heterocycles. The zero-order chi connectivity index (χ0) is 16.2. The molecule has 23 heavy (non-hydrogen) atoms. The highest BCUT2D eigenvalue weighted by molar-refractivity contribution is 9.10. The maximum atomic E-state index is 12.0. The van der Waals surface area contributed by atoms with Crippen LogP contribution in [0.5, 0.6) is 17.2 Å². The number of benzene rings is 2. The molecule has 1 N–H and O–H groups in total. The number of hydrogen-bond donors (Lipinski definition) is 1. The molecule has 0 saturated heterocycles. The van der Waals surface area contributed by atoms with Gasteiger partial charge in [-0.3, -0.25) is 4.79 Å². The number of rotatable bonds is 4. The maximum absolute atomic E-state index is 12.0. The summed E-state index contributed by atoms with van der Waals surface area (Å²) in [6.07, 6.45) is 1.51. The molecule has 0 aromatic heterocycles.